The van der Waals surface area contributed by atoms with Gasteiger partial charge in [0.25, 0.3) is 5.91 Å². The number of amides is 2. The quantitative estimate of drug-likeness (QED) is 0.678. The number of rotatable bonds is 5. The highest BCUT2D eigenvalue weighted by Gasteiger charge is 2.27. The lowest BCUT2D eigenvalue weighted by molar-refractivity contribution is -0.123. The van der Waals surface area contributed by atoms with Crippen LogP contribution in [0.3, 0.4) is 0 Å². The number of hydrogen-bond donors (Lipinski definition) is 4. The Hall–Kier alpha value is -2.71. The second-order valence-corrected chi connectivity index (χ2v) is 4.85. The first-order chi connectivity index (χ1) is 10.8. The SMILES string of the molecule is O=C(O)NCCc1c[nH]c2ccc(C(=O)NCC(F)(F)F)cc12. The smallest absolute Gasteiger partial charge is 0.405 e. The summed E-state index contributed by atoms with van der Waals surface area (Å²) in [6.07, 6.45) is -3.55. The first kappa shape index (κ1) is 16.7. The molecule has 0 atom stereocenters. The van der Waals surface area contributed by atoms with E-state index in [1.807, 2.05) is 5.32 Å². The molecule has 0 aliphatic heterocycles. The molecule has 9 heteroatoms. The molecule has 0 aliphatic rings. The van der Waals surface area contributed by atoms with Crippen molar-refractivity contribution in [3.63, 3.8) is 0 Å². The van der Waals surface area contributed by atoms with E-state index < -0.39 is 24.7 Å². The third-order valence-corrected chi connectivity index (χ3v) is 3.15. The van der Waals surface area contributed by atoms with Gasteiger partial charge in [0.05, 0.1) is 0 Å². The fourth-order valence-electron chi connectivity index (χ4n) is 2.11. The molecule has 0 saturated carbocycles. The zero-order valence-electron chi connectivity index (χ0n) is 11.8. The maximum atomic E-state index is 12.1. The van der Waals surface area contributed by atoms with Crippen molar-refractivity contribution in [2.24, 2.45) is 0 Å². The third-order valence-electron chi connectivity index (χ3n) is 3.15. The van der Waals surface area contributed by atoms with Crippen LogP contribution in [0.1, 0.15) is 15.9 Å². The number of carbonyl (C=O) groups is 2. The molecule has 0 aliphatic carbocycles. The average Bonchev–Trinajstić information content (AvgIpc) is 2.86. The van der Waals surface area contributed by atoms with Gasteiger partial charge in [-0.15, -0.1) is 0 Å². The molecule has 0 fully saturated rings. The Labute approximate surface area is 128 Å². The van der Waals surface area contributed by atoms with Gasteiger partial charge in [-0.2, -0.15) is 13.2 Å². The van der Waals surface area contributed by atoms with E-state index in [0.29, 0.717) is 17.3 Å². The van der Waals surface area contributed by atoms with E-state index in [9.17, 15) is 22.8 Å². The minimum Gasteiger partial charge on any atom is -0.465 e. The van der Waals surface area contributed by atoms with Crippen LogP contribution in [0.25, 0.3) is 10.9 Å². The van der Waals surface area contributed by atoms with Crippen LogP contribution in [-0.4, -0.2) is 41.4 Å². The van der Waals surface area contributed by atoms with Crippen molar-refractivity contribution in [1.29, 1.82) is 0 Å². The Bertz CT molecular complexity index is 725. The molecule has 1 heterocycles. The van der Waals surface area contributed by atoms with Gasteiger partial charge in [0.15, 0.2) is 0 Å². The van der Waals surface area contributed by atoms with Crippen molar-refractivity contribution in [2.45, 2.75) is 12.6 Å². The summed E-state index contributed by atoms with van der Waals surface area (Å²) in [7, 11) is 0. The summed E-state index contributed by atoms with van der Waals surface area (Å²) in [6, 6.07) is 4.49. The molecule has 0 saturated heterocycles. The highest BCUT2D eigenvalue weighted by atomic mass is 19.4. The molecule has 124 valence electrons. The lowest BCUT2D eigenvalue weighted by Gasteiger charge is -2.08. The Balaban J connectivity index is 2.13. The van der Waals surface area contributed by atoms with E-state index >= 15 is 0 Å². The topological polar surface area (TPSA) is 94.2 Å². The van der Waals surface area contributed by atoms with E-state index in [-0.39, 0.29) is 12.1 Å². The largest absolute Gasteiger partial charge is 0.465 e. The molecule has 0 radical (unpaired) electrons. The number of fused-ring (bicyclic) bond motifs is 1. The minimum atomic E-state index is -4.47. The summed E-state index contributed by atoms with van der Waals surface area (Å²) in [4.78, 5) is 25.1. The molecule has 2 aromatic rings. The number of nitrogens with one attached hydrogen (secondary N) is 3. The van der Waals surface area contributed by atoms with Gasteiger partial charge in [-0.25, -0.2) is 4.79 Å². The van der Waals surface area contributed by atoms with E-state index in [4.69, 9.17) is 5.11 Å². The molecule has 2 amide bonds. The van der Waals surface area contributed by atoms with Gasteiger partial charge in [-0.1, -0.05) is 0 Å². The van der Waals surface area contributed by atoms with E-state index in [2.05, 4.69) is 10.3 Å². The number of carboxylic acid groups (broad SMARTS) is 1. The summed E-state index contributed by atoms with van der Waals surface area (Å²) in [5.74, 6) is -0.819. The Morgan fingerprint density at radius 1 is 1.22 bits per heavy atom. The van der Waals surface area contributed by atoms with Gasteiger partial charge in [-0.3, -0.25) is 4.79 Å². The molecule has 1 aromatic carbocycles. The van der Waals surface area contributed by atoms with Crippen molar-refractivity contribution >= 4 is 22.9 Å². The number of halogens is 3. The van der Waals surface area contributed by atoms with Gasteiger partial charge < -0.3 is 20.7 Å². The second-order valence-electron chi connectivity index (χ2n) is 4.85. The summed E-state index contributed by atoms with van der Waals surface area (Å²) in [5.41, 5.74) is 1.58. The number of alkyl halides is 3. The van der Waals surface area contributed by atoms with Gasteiger partial charge in [0, 0.05) is 29.2 Å². The Kier molecular flexibility index (Phi) is 4.77. The maximum absolute atomic E-state index is 12.1. The fourth-order valence-corrected chi connectivity index (χ4v) is 2.11. The molecule has 2 rings (SSSR count). The van der Waals surface area contributed by atoms with Crippen LogP contribution in [0.4, 0.5) is 18.0 Å². The van der Waals surface area contributed by atoms with Gasteiger partial charge in [0.2, 0.25) is 0 Å². The summed E-state index contributed by atoms with van der Waals surface area (Å²) in [6.45, 7) is -1.21. The number of hydrogen-bond acceptors (Lipinski definition) is 2. The Morgan fingerprint density at radius 2 is 1.96 bits per heavy atom. The van der Waals surface area contributed by atoms with Crippen molar-refractivity contribution in [2.75, 3.05) is 13.1 Å². The van der Waals surface area contributed by atoms with Crippen LogP contribution in [0, 0.1) is 0 Å². The number of benzene rings is 1. The number of carbonyl (C=O) groups excluding carboxylic acids is 1. The third kappa shape index (κ3) is 4.63. The molecule has 23 heavy (non-hydrogen) atoms. The van der Waals surface area contributed by atoms with Gasteiger partial charge in [-0.05, 0) is 30.2 Å². The van der Waals surface area contributed by atoms with Crippen molar-refractivity contribution < 1.29 is 27.9 Å². The van der Waals surface area contributed by atoms with Crippen LogP contribution in [-0.2, 0) is 6.42 Å². The van der Waals surface area contributed by atoms with Crippen LogP contribution >= 0.6 is 0 Å². The first-order valence-electron chi connectivity index (χ1n) is 6.68. The predicted molar refractivity (Wildman–Crippen MR) is 76.4 cm³/mol. The van der Waals surface area contributed by atoms with E-state index in [1.54, 1.807) is 12.3 Å². The lowest BCUT2D eigenvalue weighted by Crippen LogP contribution is -2.33. The number of aromatic nitrogens is 1. The summed E-state index contributed by atoms with van der Waals surface area (Å²) >= 11 is 0. The maximum Gasteiger partial charge on any atom is 0.405 e. The summed E-state index contributed by atoms with van der Waals surface area (Å²) < 4.78 is 36.4. The zero-order valence-corrected chi connectivity index (χ0v) is 11.8. The fraction of sp³-hybridized carbons (Fsp3) is 0.286. The first-order valence-corrected chi connectivity index (χ1v) is 6.68. The monoisotopic (exact) mass is 329 g/mol. The zero-order chi connectivity index (χ0) is 17.0. The molecule has 0 unspecified atom stereocenters. The van der Waals surface area contributed by atoms with Crippen molar-refractivity contribution in [3.8, 4) is 0 Å². The standard InChI is InChI=1S/C14H14F3N3O3/c15-14(16,17)7-20-12(21)8-1-2-11-10(5-8)9(6-19-11)3-4-18-13(22)23/h1-2,5-6,18-19H,3-4,7H2,(H,20,21)(H,22,23). The highest BCUT2D eigenvalue weighted by Crippen LogP contribution is 2.20. The predicted octanol–water partition coefficient (Wildman–Crippen LogP) is 2.27. The van der Waals surface area contributed by atoms with Crippen molar-refractivity contribution in [3.05, 3.63) is 35.5 Å². The molecule has 0 bridgehead atoms. The molecule has 4 N–H and O–H groups in total. The van der Waals surface area contributed by atoms with Crippen LogP contribution in [0.15, 0.2) is 24.4 Å². The van der Waals surface area contributed by atoms with Gasteiger partial charge >= 0.3 is 12.3 Å². The molecular formula is C14H14F3N3O3. The van der Waals surface area contributed by atoms with Crippen molar-refractivity contribution in [1.82, 2.24) is 15.6 Å². The normalized spacial score (nSPS) is 11.4. The molecule has 0 spiro atoms. The van der Waals surface area contributed by atoms with E-state index in [1.165, 1.54) is 12.1 Å². The van der Waals surface area contributed by atoms with Gasteiger partial charge in [0.1, 0.15) is 6.54 Å². The van der Waals surface area contributed by atoms with Crippen LogP contribution < -0.4 is 10.6 Å². The molecule has 1 aromatic heterocycles. The lowest BCUT2D eigenvalue weighted by atomic mass is 10.1. The van der Waals surface area contributed by atoms with Crippen LogP contribution in [0.2, 0.25) is 0 Å². The molecular weight excluding hydrogens is 315 g/mol. The van der Waals surface area contributed by atoms with E-state index in [0.717, 1.165) is 5.56 Å². The number of H-pyrrole nitrogens is 1. The average molecular weight is 329 g/mol. The minimum absolute atomic E-state index is 0.105. The Morgan fingerprint density at radius 3 is 2.61 bits per heavy atom. The number of aromatic amines is 1. The second kappa shape index (κ2) is 6.59. The molecule has 6 nitrogen and oxygen atoms in total. The van der Waals surface area contributed by atoms with Crippen LogP contribution in [0.5, 0.6) is 0 Å². The summed E-state index contributed by atoms with van der Waals surface area (Å²) in [5, 5.41) is 13.2. The highest BCUT2D eigenvalue weighted by molar-refractivity contribution is 5.98.